The largest absolute Gasteiger partial charge is 0.494 e. The number of nitrogens with zero attached hydrogens (tertiary/aromatic N) is 2. The van der Waals surface area contributed by atoms with Crippen LogP contribution < -0.4 is 15.4 Å². The van der Waals surface area contributed by atoms with Gasteiger partial charge in [-0.15, -0.1) is 24.8 Å². The number of anilines is 1. The van der Waals surface area contributed by atoms with Gasteiger partial charge in [0.05, 0.1) is 18.5 Å². The van der Waals surface area contributed by atoms with Crippen LogP contribution in [0.15, 0.2) is 42.6 Å². The van der Waals surface area contributed by atoms with E-state index in [1.54, 1.807) is 6.20 Å². The molecule has 0 atom stereocenters. The van der Waals surface area contributed by atoms with Gasteiger partial charge in [-0.1, -0.05) is 12.1 Å². The molecule has 2 aromatic rings. The van der Waals surface area contributed by atoms with Crippen molar-refractivity contribution in [2.24, 2.45) is 0 Å². The number of rotatable bonds is 8. The topological polar surface area (TPSA) is 66.5 Å². The van der Waals surface area contributed by atoms with Crippen LogP contribution in [0.2, 0.25) is 0 Å². The first-order valence-corrected chi connectivity index (χ1v) is 10.7. The molecule has 0 spiro atoms. The van der Waals surface area contributed by atoms with Gasteiger partial charge >= 0.3 is 6.03 Å². The van der Waals surface area contributed by atoms with Gasteiger partial charge in [0.15, 0.2) is 0 Å². The number of amides is 2. The lowest BCUT2D eigenvalue weighted by molar-refractivity contribution is 0.204. The molecule has 2 amide bonds. The fourth-order valence-corrected chi connectivity index (χ4v) is 3.59. The number of hydrogen-bond donors (Lipinski definition) is 2. The maximum atomic E-state index is 12.2. The minimum Gasteiger partial charge on any atom is -0.494 e. The smallest absolute Gasteiger partial charge is 0.321 e. The summed E-state index contributed by atoms with van der Waals surface area (Å²) in [5, 5.41) is 6.17. The SMILES string of the molecule is Cl.Cl.O=C(Nc1ccc(CCCCOc2cccc(C3CC3)c2)nc1)N1CCNCC1. The summed E-state index contributed by atoms with van der Waals surface area (Å²) in [6.07, 6.45) is 7.31. The molecule has 0 bridgehead atoms. The fraction of sp³-hybridized carbons (Fsp3) is 0.478. The Morgan fingerprint density at radius 3 is 2.65 bits per heavy atom. The molecule has 1 saturated carbocycles. The molecule has 1 aromatic carbocycles. The fourth-order valence-electron chi connectivity index (χ4n) is 3.59. The number of hydrogen-bond acceptors (Lipinski definition) is 4. The van der Waals surface area contributed by atoms with Crippen molar-refractivity contribution in [3.63, 3.8) is 0 Å². The molecule has 6 nitrogen and oxygen atoms in total. The number of piperazine rings is 1. The van der Waals surface area contributed by atoms with E-state index in [1.165, 1.54) is 18.4 Å². The molecular formula is C23H32Cl2N4O2. The molecule has 2 aliphatic rings. The van der Waals surface area contributed by atoms with Crippen LogP contribution >= 0.6 is 24.8 Å². The Kier molecular flexibility index (Phi) is 10.4. The normalized spacial score (nSPS) is 15.4. The summed E-state index contributed by atoms with van der Waals surface area (Å²) in [5.74, 6) is 1.74. The van der Waals surface area contributed by atoms with Crippen LogP contribution in [-0.4, -0.2) is 48.7 Å². The van der Waals surface area contributed by atoms with Gasteiger partial charge in [-0.3, -0.25) is 4.98 Å². The summed E-state index contributed by atoms with van der Waals surface area (Å²) >= 11 is 0. The van der Waals surface area contributed by atoms with Crippen LogP contribution in [0.3, 0.4) is 0 Å². The number of carbonyl (C=O) groups is 1. The number of halogens is 2. The second kappa shape index (κ2) is 12.7. The third-order valence-corrected chi connectivity index (χ3v) is 5.48. The molecule has 8 heteroatoms. The van der Waals surface area contributed by atoms with Crippen LogP contribution in [0, 0.1) is 0 Å². The van der Waals surface area contributed by atoms with Crippen LogP contribution in [0.25, 0.3) is 0 Å². The standard InChI is InChI=1S/C23H30N4O2.2ClH/c28-23(27-13-11-24-12-14-27)26-21-10-9-20(25-17-21)5-1-2-15-29-22-6-3-4-19(16-22)18-7-8-18;;/h3-4,6,9-10,16-18,24H,1-2,5,7-8,11-15H2,(H,26,28);2*1H. The quantitative estimate of drug-likeness (QED) is 0.555. The summed E-state index contributed by atoms with van der Waals surface area (Å²) in [5.41, 5.74) is 3.20. The third kappa shape index (κ3) is 7.87. The Morgan fingerprint density at radius 1 is 1.13 bits per heavy atom. The van der Waals surface area contributed by atoms with E-state index < -0.39 is 0 Å². The minimum atomic E-state index is -0.0519. The summed E-state index contributed by atoms with van der Waals surface area (Å²) in [7, 11) is 0. The Hall–Kier alpha value is -2.02. The van der Waals surface area contributed by atoms with E-state index in [2.05, 4.69) is 33.8 Å². The number of carbonyl (C=O) groups excluding carboxylic acids is 1. The Labute approximate surface area is 197 Å². The monoisotopic (exact) mass is 466 g/mol. The zero-order chi connectivity index (χ0) is 19.9. The van der Waals surface area contributed by atoms with Crippen molar-refractivity contribution in [1.82, 2.24) is 15.2 Å². The highest BCUT2D eigenvalue weighted by Crippen LogP contribution is 2.40. The van der Waals surface area contributed by atoms with Gasteiger partial charge in [0, 0.05) is 31.9 Å². The number of nitrogens with one attached hydrogen (secondary N) is 2. The van der Waals surface area contributed by atoms with E-state index in [1.807, 2.05) is 23.1 Å². The summed E-state index contributed by atoms with van der Waals surface area (Å²) < 4.78 is 5.91. The minimum absolute atomic E-state index is 0. The average molecular weight is 467 g/mol. The molecule has 2 N–H and O–H groups in total. The van der Waals surface area contributed by atoms with Gasteiger partial charge in [-0.05, 0) is 67.9 Å². The van der Waals surface area contributed by atoms with Crippen molar-refractivity contribution in [3.05, 3.63) is 53.9 Å². The van der Waals surface area contributed by atoms with E-state index in [-0.39, 0.29) is 30.8 Å². The highest BCUT2D eigenvalue weighted by molar-refractivity contribution is 5.89. The highest BCUT2D eigenvalue weighted by atomic mass is 35.5. The summed E-state index contributed by atoms with van der Waals surface area (Å²) in [4.78, 5) is 18.5. The molecule has 31 heavy (non-hydrogen) atoms. The predicted molar refractivity (Wildman–Crippen MR) is 129 cm³/mol. The number of aromatic nitrogens is 1. The third-order valence-electron chi connectivity index (χ3n) is 5.48. The lowest BCUT2D eigenvalue weighted by atomic mass is 10.1. The number of urea groups is 1. The molecule has 2 heterocycles. The number of pyridine rings is 1. The molecule has 1 aliphatic carbocycles. The van der Waals surface area contributed by atoms with Crippen LogP contribution in [0.1, 0.15) is 42.9 Å². The van der Waals surface area contributed by atoms with E-state index >= 15 is 0 Å². The number of benzene rings is 1. The van der Waals surface area contributed by atoms with Gasteiger partial charge < -0.3 is 20.3 Å². The summed E-state index contributed by atoms with van der Waals surface area (Å²) in [6, 6.07) is 12.4. The van der Waals surface area contributed by atoms with E-state index in [0.717, 1.165) is 75.1 Å². The van der Waals surface area contributed by atoms with Gasteiger partial charge in [0.25, 0.3) is 0 Å². The van der Waals surface area contributed by atoms with Crippen molar-refractivity contribution < 1.29 is 9.53 Å². The van der Waals surface area contributed by atoms with Crippen molar-refractivity contribution in [3.8, 4) is 5.75 Å². The maximum Gasteiger partial charge on any atom is 0.321 e. The summed E-state index contributed by atoms with van der Waals surface area (Å²) in [6.45, 7) is 3.90. The second-order valence-corrected chi connectivity index (χ2v) is 7.86. The van der Waals surface area contributed by atoms with Gasteiger partial charge in [-0.25, -0.2) is 4.79 Å². The van der Waals surface area contributed by atoms with Crippen molar-refractivity contribution >= 4 is 36.5 Å². The predicted octanol–water partition coefficient (Wildman–Crippen LogP) is 4.64. The van der Waals surface area contributed by atoms with Crippen molar-refractivity contribution in [2.45, 2.75) is 38.0 Å². The Bertz CT molecular complexity index is 809. The first kappa shape index (κ1) is 25.2. The van der Waals surface area contributed by atoms with Crippen LogP contribution in [0.5, 0.6) is 5.75 Å². The first-order chi connectivity index (χ1) is 14.3. The second-order valence-electron chi connectivity index (χ2n) is 7.86. The molecule has 0 unspecified atom stereocenters. The Morgan fingerprint density at radius 2 is 1.94 bits per heavy atom. The molecule has 1 aromatic heterocycles. The Balaban J connectivity index is 0.00000171. The molecule has 1 saturated heterocycles. The van der Waals surface area contributed by atoms with E-state index in [9.17, 15) is 4.79 Å². The van der Waals surface area contributed by atoms with Crippen LogP contribution in [-0.2, 0) is 6.42 Å². The highest BCUT2D eigenvalue weighted by Gasteiger charge is 2.23. The molecule has 170 valence electrons. The van der Waals surface area contributed by atoms with Crippen molar-refractivity contribution in [2.75, 3.05) is 38.1 Å². The average Bonchev–Trinajstić information content (AvgIpc) is 3.61. The molecule has 4 rings (SSSR count). The number of ether oxygens (including phenoxy) is 1. The van der Waals surface area contributed by atoms with Crippen LogP contribution in [0.4, 0.5) is 10.5 Å². The van der Waals surface area contributed by atoms with E-state index in [0.29, 0.717) is 0 Å². The number of aryl methyl sites for hydroxylation is 1. The molecular weight excluding hydrogens is 435 g/mol. The lowest BCUT2D eigenvalue weighted by Gasteiger charge is -2.27. The maximum absolute atomic E-state index is 12.2. The van der Waals surface area contributed by atoms with Gasteiger partial charge in [0.2, 0.25) is 0 Å². The lowest BCUT2D eigenvalue weighted by Crippen LogP contribution is -2.48. The van der Waals surface area contributed by atoms with Gasteiger partial charge in [-0.2, -0.15) is 0 Å². The molecule has 0 radical (unpaired) electrons. The van der Waals surface area contributed by atoms with Gasteiger partial charge in [0.1, 0.15) is 5.75 Å². The van der Waals surface area contributed by atoms with E-state index in [4.69, 9.17) is 4.74 Å². The number of unbranched alkanes of at least 4 members (excludes halogenated alkanes) is 1. The zero-order valence-corrected chi connectivity index (χ0v) is 19.4. The first-order valence-electron chi connectivity index (χ1n) is 10.7. The molecule has 2 fully saturated rings. The van der Waals surface area contributed by atoms with Crippen molar-refractivity contribution in [1.29, 1.82) is 0 Å². The zero-order valence-electron chi connectivity index (χ0n) is 17.7. The molecule has 1 aliphatic heterocycles.